The third-order valence-electron chi connectivity index (χ3n) is 4.25. The van der Waals surface area contributed by atoms with Gasteiger partial charge in [0.2, 0.25) is 0 Å². The van der Waals surface area contributed by atoms with Gasteiger partial charge in [-0.15, -0.1) is 6.58 Å². The monoisotopic (exact) mass is 360 g/mol. The standard InChI is InChI=1S/C18H21BrN2O/c1-3-12(11-19)20-18-14-6-4-5-7-16(14)21-17-9-8-13(22-2)10-15(17)18/h3,8-10,12H,1,4-7,11H2,2H3,(H,20,21). The van der Waals surface area contributed by atoms with Gasteiger partial charge in [-0.05, 0) is 49.4 Å². The fourth-order valence-corrected chi connectivity index (χ4v) is 3.47. The number of aromatic nitrogens is 1. The number of nitrogens with zero attached hydrogens (tertiary/aromatic N) is 1. The number of aryl methyl sites for hydroxylation is 1. The van der Waals surface area contributed by atoms with Crippen molar-refractivity contribution in [1.29, 1.82) is 0 Å². The van der Waals surface area contributed by atoms with Crippen molar-refractivity contribution in [2.24, 2.45) is 0 Å². The molecule has 0 bridgehead atoms. The first-order chi connectivity index (χ1) is 10.8. The summed E-state index contributed by atoms with van der Waals surface area (Å²) in [5.41, 5.74) is 4.83. The number of rotatable bonds is 5. The molecule has 0 amide bonds. The second kappa shape index (κ2) is 6.69. The molecule has 0 fully saturated rings. The first-order valence-electron chi connectivity index (χ1n) is 7.71. The van der Waals surface area contributed by atoms with Gasteiger partial charge in [-0.2, -0.15) is 0 Å². The van der Waals surface area contributed by atoms with Gasteiger partial charge >= 0.3 is 0 Å². The fraction of sp³-hybridized carbons (Fsp3) is 0.389. The summed E-state index contributed by atoms with van der Waals surface area (Å²) in [5, 5.41) is 5.60. The Morgan fingerprint density at radius 3 is 2.95 bits per heavy atom. The third-order valence-corrected chi connectivity index (χ3v) is 4.95. The van der Waals surface area contributed by atoms with E-state index in [-0.39, 0.29) is 6.04 Å². The molecule has 1 unspecified atom stereocenters. The predicted molar refractivity (Wildman–Crippen MR) is 96.3 cm³/mol. The van der Waals surface area contributed by atoms with E-state index in [2.05, 4.69) is 33.9 Å². The van der Waals surface area contributed by atoms with E-state index in [1.54, 1.807) is 7.11 Å². The number of pyridine rings is 1. The molecule has 1 N–H and O–H groups in total. The number of benzene rings is 1. The highest BCUT2D eigenvalue weighted by atomic mass is 79.9. The van der Waals surface area contributed by atoms with Crippen LogP contribution < -0.4 is 10.1 Å². The van der Waals surface area contributed by atoms with Crippen LogP contribution in [-0.4, -0.2) is 23.5 Å². The number of ether oxygens (including phenoxy) is 1. The van der Waals surface area contributed by atoms with Crippen molar-refractivity contribution in [3.63, 3.8) is 0 Å². The number of nitrogens with one attached hydrogen (secondary N) is 1. The molecule has 1 aliphatic carbocycles. The molecular weight excluding hydrogens is 340 g/mol. The molecule has 0 spiro atoms. The summed E-state index contributed by atoms with van der Waals surface area (Å²) in [7, 11) is 1.70. The quantitative estimate of drug-likeness (QED) is 0.630. The number of fused-ring (bicyclic) bond motifs is 2. The Kier molecular flexibility index (Phi) is 4.67. The predicted octanol–water partition coefficient (Wildman–Crippen LogP) is 4.48. The molecule has 3 nitrogen and oxygen atoms in total. The van der Waals surface area contributed by atoms with Crippen LogP contribution in [0, 0.1) is 0 Å². The summed E-state index contributed by atoms with van der Waals surface area (Å²) in [4.78, 5) is 4.88. The van der Waals surface area contributed by atoms with Crippen LogP contribution in [0.1, 0.15) is 24.1 Å². The minimum atomic E-state index is 0.197. The maximum absolute atomic E-state index is 5.39. The highest BCUT2D eigenvalue weighted by molar-refractivity contribution is 9.09. The lowest BCUT2D eigenvalue weighted by atomic mass is 9.92. The average molecular weight is 361 g/mol. The van der Waals surface area contributed by atoms with Crippen molar-refractivity contribution in [3.05, 3.63) is 42.1 Å². The van der Waals surface area contributed by atoms with Crippen LogP contribution in [0.4, 0.5) is 5.69 Å². The molecule has 3 rings (SSSR count). The first kappa shape index (κ1) is 15.3. The maximum Gasteiger partial charge on any atom is 0.119 e. The molecule has 22 heavy (non-hydrogen) atoms. The van der Waals surface area contributed by atoms with E-state index in [0.717, 1.165) is 34.8 Å². The van der Waals surface area contributed by atoms with Gasteiger partial charge in [0.25, 0.3) is 0 Å². The number of anilines is 1. The van der Waals surface area contributed by atoms with Gasteiger partial charge in [-0.25, -0.2) is 0 Å². The van der Waals surface area contributed by atoms with Gasteiger partial charge in [0.05, 0.1) is 18.7 Å². The zero-order valence-electron chi connectivity index (χ0n) is 12.9. The molecule has 2 aromatic rings. The van der Waals surface area contributed by atoms with Gasteiger partial charge in [0, 0.05) is 22.1 Å². The van der Waals surface area contributed by atoms with Crippen molar-refractivity contribution in [1.82, 2.24) is 4.98 Å². The summed E-state index contributed by atoms with van der Waals surface area (Å²) in [6.45, 7) is 3.92. The zero-order chi connectivity index (χ0) is 15.5. The van der Waals surface area contributed by atoms with Crippen LogP contribution >= 0.6 is 15.9 Å². The SMILES string of the molecule is C=CC(CBr)Nc1c2c(nc3ccc(OC)cc13)CCCC2. The van der Waals surface area contributed by atoms with Crippen molar-refractivity contribution >= 4 is 32.5 Å². The Morgan fingerprint density at radius 2 is 2.23 bits per heavy atom. The average Bonchev–Trinajstić information content (AvgIpc) is 2.58. The van der Waals surface area contributed by atoms with E-state index in [0.29, 0.717) is 0 Å². The van der Waals surface area contributed by atoms with Gasteiger partial charge in [0.15, 0.2) is 0 Å². The summed E-state index contributed by atoms with van der Waals surface area (Å²) >= 11 is 3.55. The Balaban J connectivity index is 2.20. The molecule has 0 saturated heterocycles. The lowest BCUT2D eigenvalue weighted by Crippen LogP contribution is -2.21. The minimum Gasteiger partial charge on any atom is -0.497 e. The molecule has 0 saturated carbocycles. The highest BCUT2D eigenvalue weighted by Crippen LogP contribution is 2.35. The normalized spacial score (nSPS) is 15.2. The van der Waals surface area contributed by atoms with Crippen LogP contribution in [-0.2, 0) is 12.8 Å². The van der Waals surface area contributed by atoms with Crippen LogP contribution in [0.25, 0.3) is 10.9 Å². The van der Waals surface area contributed by atoms with Crippen LogP contribution in [0.15, 0.2) is 30.9 Å². The lowest BCUT2D eigenvalue weighted by Gasteiger charge is -2.24. The fourth-order valence-electron chi connectivity index (χ4n) is 3.04. The number of methoxy groups -OCH3 is 1. The molecule has 1 atom stereocenters. The summed E-state index contributed by atoms with van der Waals surface area (Å²) in [6.07, 6.45) is 6.55. The number of alkyl halides is 1. The smallest absolute Gasteiger partial charge is 0.119 e. The van der Waals surface area contributed by atoms with E-state index >= 15 is 0 Å². The Hall–Kier alpha value is -1.55. The first-order valence-corrected chi connectivity index (χ1v) is 8.83. The van der Waals surface area contributed by atoms with Gasteiger partial charge in [-0.3, -0.25) is 4.98 Å². The van der Waals surface area contributed by atoms with Gasteiger partial charge in [0.1, 0.15) is 5.75 Å². The Labute approximate surface area is 139 Å². The Morgan fingerprint density at radius 1 is 1.41 bits per heavy atom. The topological polar surface area (TPSA) is 34.2 Å². The molecule has 0 radical (unpaired) electrons. The van der Waals surface area contributed by atoms with Gasteiger partial charge in [-0.1, -0.05) is 22.0 Å². The maximum atomic E-state index is 5.39. The summed E-state index contributed by atoms with van der Waals surface area (Å²) in [6, 6.07) is 6.30. The number of hydrogen-bond acceptors (Lipinski definition) is 3. The minimum absolute atomic E-state index is 0.197. The summed E-state index contributed by atoms with van der Waals surface area (Å²) in [5.74, 6) is 0.863. The molecule has 1 heterocycles. The molecule has 1 aromatic carbocycles. The molecule has 4 heteroatoms. The van der Waals surface area contributed by atoms with Gasteiger partial charge < -0.3 is 10.1 Å². The van der Waals surface area contributed by atoms with E-state index in [1.807, 2.05) is 18.2 Å². The van der Waals surface area contributed by atoms with Crippen LogP contribution in [0.2, 0.25) is 0 Å². The molecule has 116 valence electrons. The van der Waals surface area contributed by atoms with Crippen molar-refractivity contribution in [2.75, 3.05) is 17.8 Å². The highest BCUT2D eigenvalue weighted by Gasteiger charge is 2.19. The molecular formula is C18H21BrN2O. The summed E-state index contributed by atoms with van der Waals surface area (Å²) < 4.78 is 5.39. The van der Waals surface area contributed by atoms with E-state index in [4.69, 9.17) is 9.72 Å². The lowest BCUT2D eigenvalue weighted by molar-refractivity contribution is 0.415. The zero-order valence-corrected chi connectivity index (χ0v) is 14.4. The van der Waals surface area contributed by atoms with E-state index in [9.17, 15) is 0 Å². The van der Waals surface area contributed by atoms with Crippen LogP contribution in [0.5, 0.6) is 5.75 Å². The van der Waals surface area contributed by atoms with Crippen molar-refractivity contribution in [2.45, 2.75) is 31.7 Å². The van der Waals surface area contributed by atoms with E-state index < -0.39 is 0 Å². The number of halogens is 1. The largest absolute Gasteiger partial charge is 0.497 e. The number of hydrogen-bond donors (Lipinski definition) is 1. The third kappa shape index (κ3) is 2.84. The van der Waals surface area contributed by atoms with Crippen molar-refractivity contribution in [3.8, 4) is 5.75 Å². The molecule has 1 aliphatic rings. The molecule has 1 aromatic heterocycles. The van der Waals surface area contributed by atoms with Crippen LogP contribution in [0.3, 0.4) is 0 Å². The Bertz CT molecular complexity index is 699. The van der Waals surface area contributed by atoms with Crippen molar-refractivity contribution < 1.29 is 4.74 Å². The second-order valence-electron chi connectivity index (χ2n) is 5.64. The second-order valence-corrected chi connectivity index (χ2v) is 6.29. The molecule has 0 aliphatic heterocycles. The van der Waals surface area contributed by atoms with E-state index in [1.165, 1.54) is 29.8 Å².